The third-order valence-corrected chi connectivity index (χ3v) is 8.46. The number of ether oxygens (including phenoxy) is 1. The van der Waals surface area contributed by atoms with Gasteiger partial charge in [-0.05, 0) is 63.4 Å². The molecule has 8 bridgehead atoms. The quantitative estimate of drug-likeness (QED) is 0.322. The van der Waals surface area contributed by atoms with Crippen LogP contribution in [0.3, 0.4) is 0 Å². The number of nitrogens with one attached hydrogen (secondary N) is 2. The predicted molar refractivity (Wildman–Crippen MR) is 167 cm³/mol. The van der Waals surface area contributed by atoms with Gasteiger partial charge in [-0.25, -0.2) is 0 Å². The summed E-state index contributed by atoms with van der Waals surface area (Å²) in [6.45, 7) is 21.8. The number of aryl methyl sites for hydroxylation is 3. The van der Waals surface area contributed by atoms with E-state index in [1.807, 2.05) is 46.8 Å². The second-order valence-corrected chi connectivity index (χ2v) is 12.4. The second kappa shape index (κ2) is 10.6. The van der Waals surface area contributed by atoms with Gasteiger partial charge in [0.15, 0.2) is 17.3 Å². The molecule has 0 aliphatic carbocycles. The summed E-state index contributed by atoms with van der Waals surface area (Å²) in [6.07, 6.45) is 1.38. The lowest BCUT2D eigenvalue weighted by Crippen LogP contribution is -2.15. The molecule has 0 radical (unpaired) electrons. The van der Waals surface area contributed by atoms with Crippen molar-refractivity contribution in [1.82, 2.24) is 19.9 Å². The average molecular weight is 557 g/mol. The van der Waals surface area contributed by atoms with E-state index in [2.05, 4.69) is 37.7 Å². The van der Waals surface area contributed by atoms with E-state index in [0.717, 1.165) is 62.4 Å². The number of nitrogens with zero attached hydrogens (tertiary/aromatic N) is 2. The highest BCUT2D eigenvalue weighted by Crippen LogP contribution is 2.39. The first kappa shape index (κ1) is 30.2. The van der Waals surface area contributed by atoms with E-state index >= 15 is 0 Å². The molecular weight excluding hydrogens is 512 g/mol. The number of fused-ring (bicyclic) bond motifs is 8. The number of aromatic amines is 2. The number of methoxy groups -OCH3 is 1. The lowest BCUT2D eigenvalue weighted by Gasteiger charge is -2.16. The van der Waals surface area contributed by atoms with Crippen LogP contribution < -0.4 is 4.74 Å². The molecular formula is C34H44N4O3. The summed E-state index contributed by atoms with van der Waals surface area (Å²) in [5.41, 5.74) is 10.2. The summed E-state index contributed by atoms with van der Waals surface area (Å²) in [6, 6.07) is 4.10. The standard InChI is InChI=1S/C32H38N4O3.C2H6/c1-15-20-11-25-32(8,9)14-23(34-25)30(39-10)29-27(19(5)38)16(2)21(36-29)12-24-31(6,7)13-22(33-24)17(3)28(35-20)26(15)18(4)37;1-2/h11-12,35-36H,13-14H2,1-10H3;1-2H3. The fourth-order valence-electron chi connectivity index (χ4n) is 6.12. The number of hydrogen-bond acceptors (Lipinski definition) is 5. The molecule has 0 saturated heterocycles. The first-order valence-corrected chi connectivity index (χ1v) is 14.5. The highest BCUT2D eigenvalue weighted by atomic mass is 16.5. The van der Waals surface area contributed by atoms with Crippen LogP contribution in [0.25, 0.3) is 22.1 Å². The maximum Gasteiger partial charge on any atom is 0.164 e. The van der Waals surface area contributed by atoms with Crippen molar-refractivity contribution < 1.29 is 14.3 Å². The Hall–Kier alpha value is -3.74. The zero-order valence-electron chi connectivity index (χ0n) is 26.7. The van der Waals surface area contributed by atoms with Crippen LogP contribution in [0.4, 0.5) is 0 Å². The van der Waals surface area contributed by atoms with Crippen LogP contribution in [0.1, 0.15) is 116 Å². The van der Waals surface area contributed by atoms with Gasteiger partial charge in [-0.2, -0.15) is 0 Å². The highest BCUT2D eigenvalue weighted by Gasteiger charge is 2.33. The molecule has 0 unspecified atom stereocenters. The second-order valence-electron chi connectivity index (χ2n) is 12.4. The number of hydrogen-bond donors (Lipinski definition) is 2. The fraction of sp³-hybridized carbons (Fsp3) is 0.471. The van der Waals surface area contributed by atoms with Crippen molar-refractivity contribution in [2.45, 2.75) is 99.8 Å². The van der Waals surface area contributed by atoms with Crippen molar-refractivity contribution in [3.05, 3.63) is 62.7 Å². The molecule has 0 atom stereocenters. The van der Waals surface area contributed by atoms with Crippen LogP contribution in [0.15, 0.2) is 12.1 Å². The summed E-state index contributed by atoms with van der Waals surface area (Å²) in [5, 5.41) is 0. The van der Waals surface area contributed by atoms with Crippen LogP contribution >= 0.6 is 0 Å². The van der Waals surface area contributed by atoms with Gasteiger partial charge in [0.25, 0.3) is 0 Å². The van der Waals surface area contributed by atoms with Crippen molar-refractivity contribution in [2.75, 3.05) is 7.11 Å². The van der Waals surface area contributed by atoms with Crippen LogP contribution in [0.2, 0.25) is 0 Å². The van der Waals surface area contributed by atoms with E-state index in [9.17, 15) is 9.59 Å². The first-order chi connectivity index (χ1) is 19.2. The smallest absolute Gasteiger partial charge is 0.164 e. The number of H-pyrrole nitrogens is 2. The molecule has 2 N–H and O–H groups in total. The van der Waals surface area contributed by atoms with Crippen molar-refractivity contribution in [3.8, 4) is 5.75 Å². The van der Waals surface area contributed by atoms with Gasteiger partial charge >= 0.3 is 0 Å². The molecule has 0 aromatic carbocycles. The van der Waals surface area contributed by atoms with Crippen molar-refractivity contribution in [1.29, 1.82) is 0 Å². The van der Waals surface area contributed by atoms with Gasteiger partial charge in [-0.3, -0.25) is 19.6 Å². The number of carbonyl (C=O) groups excluding carboxylic acids is 2. The van der Waals surface area contributed by atoms with Crippen LogP contribution in [-0.4, -0.2) is 38.6 Å². The van der Waals surface area contributed by atoms with Gasteiger partial charge in [-0.15, -0.1) is 0 Å². The van der Waals surface area contributed by atoms with Crippen LogP contribution in [-0.2, 0) is 23.7 Å². The third-order valence-electron chi connectivity index (χ3n) is 8.46. The molecule has 218 valence electrons. The van der Waals surface area contributed by atoms with Gasteiger partial charge in [0.05, 0.1) is 23.8 Å². The van der Waals surface area contributed by atoms with E-state index in [1.165, 1.54) is 0 Å². The summed E-state index contributed by atoms with van der Waals surface area (Å²) in [5.74, 6) is 0.559. The van der Waals surface area contributed by atoms with Crippen molar-refractivity contribution >= 4 is 33.6 Å². The lowest BCUT2D eigenvalue weighted by molar-refractivity contribution is 0.101. The van der Waals surface area contributed by atoms with Gasteiger partial charge in [0, 0.05) is 62.9 Å². The molecule has 2 aliphatic rings. The van der Waals surface area contributed by atoms with Crippen molar-refractivity contribution in [2.24, 2.45) is 0 Å². The maximum absolute atomic E-state index is 12.9. The molecule has 0 spiro atoms. The normalized spacial score (nSPS) is 15.2. The summed E-state index contributed by atoms with van der Waals surface area (Å²) < 4.78 is 5.95. The highest BCUT2D eigenvalue weighted by molar-refractivity contribution is 6.07. The first-order valence-electron chi connectivity index (χ1n) is 14.5. The van der Waals surface area contributed by atoms with Crippen LogP contribution in [0, 0.1) is 20.8 Å². The Morgan fingerprint density at radius 1 is 0.732 bits per heavy atom. The number of Topliss-reactive ketones (excluding diaryl/α,β-unsaturated/α-hetero) is 2. The predicted octanol–water partition coefficient (Wildman–Crippen LogP) is 7.72. The fourth-order valence-corrected chi connectivity index (χ4v) is 6.12. The molecule has 3 aromatic heterocycles. The minimum absolute atomic E-state index is 0.0187. The Bertz CT molecular complexity index is 1730. The van der Waals surface area contributed by atoms with E-state index in [0.29, 0.717) is 28.8 Å². The van der Waals surface area contributed by atoms with Crippen molar-refractivity contribution in [3.63, 3.8) is 0 Å². The topological polar surface area (TPSA) is 101 Å². The van der Waals surface area contributed by atoms with E-state index in [-0.39, 0.29) is 22.4 Å². The summed E-state index contributed by atoms with van der Waals surface area (Å²) in [7, 11) is 1.62. The van der Waals surface area contributed by atoms with Gasteiger partial charge in [0.1, 0.15) is 0 Å². The van der Waals surface area contributed by atoms with E-state index in [4.69, 9.17) is 14.7 Å². The Morgan fingerprint density at radius 3 is 1.61 bits per heavy atom. The molecule has 7 heteroatoms. The minimum atomic E-state index is -0.282. The monoisotopic (exact) mass is 556 g/mol. The average Bonchev–Trinajstić information content (AvgIpc) is 3.57. The molecule has 2 aliphatic heterocycles. The zero-order chi connectivity index (χ0) is 30.6. The Morgan fingerprint density at radius 2 is 1.15 bits per heavy atom. The minimum Gasteiger partial charge on any atom is -0.493 e. The van der Waals surface area contributed by atoms with Gasteiger partial charge < -0.3 is 14.7 Å². The Balaban J connectivity index is 0.00000189. The number of rotatable bonds is 3. The molecule has 5 heterocycles. The van der Waals surface area contributed by atoms with E-state index < -0.39 is 0 Å². The Kier molecular flexibility index (Phi) is 7.80. The number of ketones is 2. The molecule has 41 heavy (non-hydrogen) atoms. The summed E-state index contributed by atoms with van der Waals surface area (Å²) in [4.78, 5) is 43.0. The van der Waals surface area contributed by atoms with Gasteiger partial charge in [0.2, 0.25) is 0 Å². The molecule has 0 saturated carbocycles. The molecule has 0 fully saturated rings. The molecule has 7 nitrogen and oxygen atoms in total. The number of carbonyl (C=O) groups is 2. The third kappa shape index (κ3) is 5.00. The van der Waals surface area contributed by atoms with E-state index in [1.54, 1.807) is 21.0 Å². The Labute approximate surface area is 243 Å². The molecule has 5 rings (SSSR count). The van der Waals surface area contributed by atoms with Crippen LogP contribution in [0.5, 0.6) is 5.75 Å². The maximum atomic E-state index is 12.9. The van der Waals surface area contributed by atoms with Gasteiger partial charge in [-0.1, -0.05) is 41.5 Å². The SMILES string of the molecule is CC.COc1c2nc(cc3[nH]c(c(C)c4nc(cc5[nH]c1c(C(C)=O)c5C)C(C)(C)C4)c(C(C)=O)c3C)C(C)(C)C2. The molecule has 0 amide bonds. The number of aromatic nitrogens is 4. The lowest BCUT2D eigenvalue weighted by atomic mass is 9.86. The zero-order valence-corrected chi connectivity index (χ0v) is 26.7. The molecule has 3 aromatic rings. The largest absolute Gasteiger partial charge is 0.493 e. The summed E-state index contributed by atoms with van der Waals surface area (Å²) >= 11 is 0.